The van der Waals surface area contributed by atoms with Crippen LogP contribution in [0.25, 0.3) is 0 Å². The minimum absolute atomic E-state index is 0.0160. The van der Waals surface area contributed by atoms with Crippen LogP contribution < -0.4 is 10.1 Å². The first kappa shape index (κ1) is 16.4. The molecule has 1 aliphatic heterocycles. The molecule has 0 saturated heterocycles. The maximum Gasteiger partial charge on any atom is 0.235 e. The van der Waals surface area contributed by atoms with Gasteiger partial charge in [0, 0.05) is 11.5 Å². The predicted molar refractivity (Wildman–Crippen MR) is 84.9 cm³/mol. The van der Waals surface area contributed by atoms with E-state index in [0.717, 1.165) is 18.8 Å². The van der Waals surface area contributed by atoms with Crippen LogP contribution in [-0.2, 0) is 11.4 Å². The fourth-order valence-corrected chi connectivity index (χ4v) is 3.05. The van der Waals surface area contributed by atoms with Gasteiger partial charge in [0.2, 0.25) is 5.91 Å². The number of rotatable bonds is 3. The Morgan fingerprint density at radius 2 is 2.09 bits per heavy atom. The summed E-state index contributed by atoms with van der Waals surface area (Å²) in [6.07, 6.45) is 9.08. The van der Waals surface area contributed by atoms with E-state index >= 15 is 0 Å². The van der Waals surface area contributed by atoms with Crippen LogP contribution in [0.1, 0.15) is 51.0 Å². The molecular weight excluding hydrogens is 276 g/mol. The highest BCUT2D eigenvalue weighted by molar-refractivity contribution is 5.79. The maximum absolute atomic E-state index is 11.3. The van der Waals surface area contributed by atoms with Crippen LogP contribution in [0.4, 0.5) is 0 Å². The first-order chi connectivity index (χ1) is 10.7. The highest BCUT2D eigenvalue weighted by Gasteiger charge is 2.20. The van der Waals surface area contributed by atoms with Crippen molar-refractivity contribution in [2.75, 3.05) is 0 Å². The Balaban J connectivity index is 0.000000183. The summed E-state index contributed by atoms with van der Waals surface area (Å²) in [5.74, 6) is 1.60. The van der Waals surface area contributed by atoms with Crippen molar-refractivity contribution in [2.45, 2.75) is 52.1 Å². The lowest BCUT2D eigenvalue weighted by Crippen LogP contribution is -2.27. The van der Waals surface area contributed by atoms with E-state index in [0.29, 0.717) is 5.92 Å². The van der Waals surface area contributed by atoms with Gasteiger partial charge in [0.25, 0.3) is 0 Å². The van der Waals surface area contributed by atoms with Crippen molar-refractivity contribution in [3.63, 3.8) is 0 Å². The molecule has 3 rings (SSSR count). The molecule has 1 heterocycles. The topological polar surface area (TPSA) is 62.1 Å². The molecule has 1 unspecified atom stereocenters. The Morgan fingerprint density at radius 3 is 2.59 bits per heavy atom. The van der Waals surface area contributed by atoms with Gasteiger partial charge in [0.05, 0.1) is 0 Å². The van der Waals surface area contributed by atoms with Gasteiger partial charge in [-0.3, -0.25) is 10.1 Å². The quantitative estimate of drug-likeness (QED) is 0.682. The second-order valence-electron chi connectivity index (χ2n) is 6.14. The number of nitrogens with one attached hydrogen (secondary N) is 1. The van der Waals surface area contributed by atoms with E-state index < -0.39 is 0 Å². The van der Waals surface area contributed by atoms with E-state index in [2.05, 4.69) is 11.4 Å². The third-order valence-electron chi connectivity index (χ3n) is 4.39. The highest BCUT2D eigenvalue weighted by Crippen LogP contribution is 2.29. The van der Waals surface area contributed by atoms with E-state index in [-0.39, 0.29) is 11.8 Å². The highest BCUT2D eigenvalue weighted by atomic mass is 16.5. The lowest BCUT2D eigenvalue weighted by molar-refractivity contribution is -0.123. The normalized spacial score (nSPS) is 17.5. The lowest BCUT2D eigenvalue weighted by atomic mass is 9.83. The summed E-state index contributed by atoms with van der Waals surface area (Å²) < 4.78 is 5.08. The monoisotopic (exact) mass is 300 g/mol. The molecule has 0 aromatic heterocycles. The molecule has 22 heavy (non-hydrogen) atoms. The number of benzene rings is 1. The van der Waals surface area contributed by atoms with Gasteiger partial charge in [0.1, 0.15) is 12.4 Å². The third kappa shape index (κ3) is 4.77. The zero-order valence-corrected chi connectivity index (χ0v) is 13.2. The lowest BCUT2D eigenvalue weighted by Gasteiger charge is -2.23. The number of para-hydroxylation sites is 1. The molecule has 1 fully saturated rings. The standard InChI is InChI=1S/C11H18N2O.C7H6O/c1-9(11(14)13-8-12)7-10-5-3-2-4-6-10;1-2-4-7-6(3-1)5-8-7/h9-10H,2-7H2,1H3,(H,13,14);1-4H,5H2. The molecule has 1 N–H and O–H groups in total. The Kier molecular flexibility index (Phi) is 6.27. The van der Waals surface area contributed by atoms with Gasteiger partial charge in [-0.15, -0.1) is 0 Å². The van der Waals surface area contributed by atoms with Crippen molar-refractivity contribution in [1.29, 1.82) is 5.26 Å². The van der Waals surface area contributed by atoms with E-state index in [9.17, 15) is 4.79 Å². The van der Waals surface area contributed by atoms with Gasteiger partial charge >= 0.3 is 0 Å². The van der Waals surface area contributed by atoms with Gasteiger partial charge < -0.3 is 4.74 Å². The number of carbonyl (C=O) groups is 1. The van der Waals surface area contributed by atoms with Crippen molar-refractivity contribution in [3.8, 4) is 11.9 Å². The van der Waals surface area contributed by atoms with E-state index in [1.807, 2.05) is 25.1 Å². The summed E-state index contributed by atoms with van der Waals surface area (Å²) in [4.78, 5) is 11.3. The first-order valence-electron chi connectivity index (χ1n) is 8.10. The number of ether oxygens (including phenoxy) is 1. The van der Waals surface area contributed by atoms with Crippen LogP contribution in [0, 0.1) is 23.3 Å². The molecule has 0 bridgehead atoms. The molecule has 4 heteroatoms. The SMILES string of the molecule is CC(CC1CCCCC1)C(=O)NC#N.c1ccc2c(c1)CO2. The smallest absolute Gasteiger partial charge is 0.235 e. The zero-order chi connectivity index (χ0) is 15.8. The summed E-state index contributed by atoms with van der Waals surface area (Å²) in [5.41, 5.74) is 1.33. The first-order valence-corrected chi connectivity index (χ1v) is 8.10. The van der Waals surface area contributed by atoms with Gasteiger partial charge in [-0.25, -0.2) is 0 Å². The zero-order valence-electron chi connectivity index (χ0n) is 13.2. The number of nitrogens with zero attached hydrogens (tertiary/aromatic N) is 1. The number of fused-ring (bicyclic) bond motifs is 1. The fraction of sp³-hybridized carbons (Fsp3) is 0.556. The van der Waals surface area contributed by atoms with Crippen molar-refractivity contribution < 1.29 is 9.53 Å². The largest absolute Gasteiger partial charge is 0.488 e. The number of nitriles is 1. The van der Waals surface area contributed by atoms with Gasteiger partial charge in [-0.2, -0.15) is 5.26 Å². The molecule has 1 amide bonds. The van der Waals surface area contributed by atoms with Gasteiger partial charge in [-0.1, -0.05) is 57.2 Å². The molecule has 4 nitrogen and oxygen atoms in total. The molecule has 1 atom stereocenters. The molecule has 0 spiro atoms. The van der Waals surface area contributed by atoms with Gasteiger partial charge in [0.15, 0.2) is 6.19 Å². The van der Waals surface area contributed by atoms with Crippen LogP contribution in [0.2, 0.25) is 0 Å². The second-order valence-corrected chi connectivity index (χ2v) is 6.14. The summed E-state index contributed by atoms with van der Waals surface area (Å²) in [6, 6.07) is 8.08. The van der Waals surface area contributed by atoms with Crippen LogP contribution in [0.3, 0.4) is 0 Å². The minimum Gasteiger partial charge on any atom is -0.488 e. The minimum atomic E-state index is -0.127. The van der Waals surface area contributed by atoms with Crippen molar-refractivity contribution in [2.24, 2.45) is 11.8 Å². The molecule has 1 saturated carbocycles. The van der Waals surface area contributed by atoms with E-state index in [1.165, 1.54) is 37.7 Å². The van der Waals surface area contributed by atoms with Crippen LogP contribution in [0.15, 0.2) is 24.3 Å². The average Bonchev–Trinajstić information content (AvgIpc) is 2.50. The average molecular weight is 300 g/mol. The number of carbonyl (C=O) groups excluding carboxylic acids is 1. The van der Waals surface area contributed by atoms with Crippen molar-refractivity contribution >= 4 is 5.91 Å². The molecule has 2 aliphatic rings. The van der Waals surface area contributed by atoms with Crippen molar-refractivity contribution in [3.05, 3.63) is 29.8 Å². The third-order valence-corrected chi connectivity index (χ3v) is 4.39. The summed E-state index contributed by atoms with van der Waals surface area (Å²) in [7, 11) is 0. The molecule has 0 radical (unpaired) electrons. The molecule has 1 aromatic carbocycles. The molecule has 1 aliphatic carbocycles. The second kappa shape index (κ2) is 8.43. The van der Waals surface area contributed by atoms with E-state index in [1.54, 1.807) is 6.19 Å². The number of hydrogen-bond donors (Lipinski definition) is 1. The number of amides is 1. The molecule has 1 aromatic rings. The van der Waals surface area contributed by atoms with Gasteiger partial charge in [-0.05, 0) is 18.4 Å². The Bertz CT molecular complexity index is 507. The predicted octanol–water partition coefficient (Wildman–Crippen LogP) is 3.77. The summed E-state index contributed by atoms with van der Waals surface area (Å²) in [6.45, 7) is 2.71. The Labute approximate surface area is 132 Å². The maximum atomic E-state index is 11.3. The van der Waals surface area contributed by atoms with Crippen LogP contribution >= 0.6 is 0 Å². The van der Waals surface area contributed by atoms with E-state index in [4.69, 9.17) is 10.00 Å². The molecular formula is C18H24N2O2. The Morgan fingerprint density at radius 1 is 1.36 bits per heavy atom. The van der Waals surface area contributed by atoms with Crippen molar-refractivity contribution in [1.82, 2.24) is 5.32 Å². The summed E-state index contributed by atoms with van der Waals surface area (Å²) >= 11 is 0. The fourth-order valence-electron chi connectivity index (χ4n) is 3.05. The summed E-state index contributed by atoms with van der Waals surface area (Å²) in [5, 5.41) is 10.5. The number of hydrogen-bond acceptors (Lipinski definition) is 3. The molecule has 118 valence electrons. The van der Waals surface area contributed by atoms with Crippen LogP contribution in [-0.4, -0.2) is 5.91 Å². The van der Waals surface area contributed by atoms with Crippen LogP contribution in [0.5, 0.6) is 5.75 Å². The Hall–Kier alpha value is -2.02.